The number of nitrogens with zero attached hydrogens (tertiary/aromatic N) is 1. The molecule has 0 amide bonds. The summed E-state index contributed by atoms with van der Waals surface area (Å²) < 4.78 is 39.1. The normalized spacial score (nSPS) is 13.6. The van der Waals surface area contributed by atoms with Gasteiger partial charge >= 0.3 is 0 Å². The molecule has 0 saturated heterocycles. The molecule has 2 N–H and O–H groups in total. The van der Waals surface area contributed by atoms with Crippen molar-refractivity contribution >= 4 is 0 Å². The second kappa shape index (κ2) is 14.9. The summed E-state index contributed by atoms with van der Waals surface area (Å²) >= 11 is 0. The number of methoxy groups -OCH3 is 4. The lowest BCUT2D eigenvalue weighted by Gasteiger charge is -2.22. The maximum atomic E-state index is 10.9. The van der Waals surface area contributed by atoms with Crippen LogP contribution in [0, 0.1) is 0 Å². The molecule has 0 fully saturated rings. The number of benzene rings is 4. The van der Waals surface area contributed by atoms with Crippen molar-refractivity contribution in [3.8, 4) is 57.2 Å². The van der Waals surface area contributed by atoms with Gasteiger partial charge in [0, 0.05) is 11.1 Å². The first-order valence-electron chi connectivity index (χ1n) is 15.0. The smallest absolute Gasteiger partial charge is 0.226 e. The van der Waals surface area contributed by atoms with Crippen molar-refractivity contribution in [1.29, 1.82) is 0 Å². The second-order valence-corrected chi connectivity index (χ2v) is 10.9. The standard InChI is InChI=1S/C37H39NO9/c1-22(35(39)26-11-17-31(41-3)33(19-26)43-5)46-28-13-7-24(8-14-28)30-21-45-37(38-30)25-9-15-29(16-10-25)47-23(2)36(40)27-12-18-32(42-4)34(20-27)44-6/h7-23,35-36,39-40H,1-6H3. The van der Waals surface area contributed by atoms with E-state index in [2.05, 4.69) is 4.98 Å². The van der Waals surface area contributed by atoms with E-state index >= 15 is 0 Å². The fraction of sp³-hybridized carbons (Fsp3) is 0.270. The molecule has 0 aliphatic heterocycles. The Morgan fingerprint density at radius 2 is 0.979 bits per heavy atom. The maximum Gasteiger partial charge on any atom is 0.226 e. The molecule has 0 aliphatic carbocycles. The van der Waals surface area contributed by atoms with E-state index in [0.717, 1.165) is 11.1 Å². The van der Waals surface area contributed by atoms with Crippen LogP contribution in [0.4, 0.5) is 0 Å². The number of ether oxygens (including phenoxy) is 6. The molecular formula is C37H39NO9. The monoisotopic (exact) mass is 641 g/mol. The van der Waals surface area contributed by atoms with Gasteiger partial charge in [0.25, 0.3) is 0 Å². The Hall–Kier alpha value is -5.19. The Labute approximate surface area is 274 Å². The Morgan fingerprint density at radius 3 is 1.40 bits per heavy atom. The molecule has 0 bridgehead atoms. The minimum absolute atomic E-state index is 0.456. The van der Waals surface area contributed by atoms with Gasteiger partial charge in [-0.05, 0) is 97.8 Å². The van der Waals surface area contributed by atoms with Gasteiger partial charge in [0.2, 0.25) is 5.89 Å². The van der Waals surface area contributed by atoms with Gasteiger partial charge in [0.05, 0.1) is 28.4 Å². The molecule has 47 heavy (non-hydrogen) atoms. The van der Waals surface area contributed by atoms with Crippen LogP contribution in [0.15, 0.2) is 95.6 Å². The Balaban J connectivity index is 1.19. The van der Waals surface area contributed by atoms with Gasteiger partial charge < -0.3 is 43.1 Å². The molecule has 5 aromatic rings. The van der Waals surface area contributed by atoms with Crippen LogP contribution in [0.2, 0.25) is 0 Å². The van der Waals surface area contributed by atoms with Crippen LogP contribution in [-0.2, 0) is 0 Å². The first-order chi connectivity index (χ1) is 22.7. The van der Waals surface area contributed by atoms with Gasteiger partial charge in [0.15, 0.2) is 23.0 Å². The van der Waals surface area contributed by atoms with Crippen molar-refractivity contribution in [1.82, 2.24) is 4.98 Å². The molecule has 4 aromatic carbocycles. The largest absolute Gasteiger partial charge is 0.493 e. The highest BCUT2D eigenvalue weighted by molar-refractivity contribution is 5.63. The molecule has 4 unspecified atom stereocenters. The molecule has 1 aromatic heterocycles. The first kappa shape index (κ1) is 33.2. The zero-order valence-electron chi connectivity index (χ0n) is 27.2. The van der Waals surface area contributed by atoms with E-state index in [-0.39, 0.29) is 0 Å². The molecule has 246 valence electrons. The minimum atomic E-state index is -0.883. The maximum absolute atomic E-state index is 10.9. The zero-order valence-corrected chi connectivity index (χ0v) is 27.2. The van der Waals surface area contributed by atoms with Crippen LogP contribution in [0.3, 0.4) is 0 Å². The lowest BCUT2D eigenvalue weighted by Crippen LogP contribution is -2.21. The fourth-order valence-electron chi connectivity index (χ4n) is 5.09. The number of hydrogen-bond acceptors (Lipinski definition) is 10. The number of aliphatic hydroxyl groups is 2. The summed E-state index contributed by atoms with van der Waals surface area (Å²) in [6.45, 7) is 3.60. The van der Waals surface area contributed by atoms with E-state index in [1.807, 2.05) is 36.4 Å². The van der Waals surface area contributed by atoms with Gasteiger partial charge in [-0.2, -0.15) is 0 Å². The molecule has 1 heterocycles. The second-order valence-electron chi connectivity index (χ2n) is 10.9. The van der Waals surface area contributed by atoms with Gasteiger partial charge in [-0.1, -0.05) is 12.1 Å². The van der Waals surface area contributed by atoms with Gasteiger partial charge in [-0.3, -0.25) is 0 Å². The summed E-state index contributed by atoms with van der Waals surface area (Å²) in [5.74, 6) is 3.89. The van der Waals surface area contributed by atoms with E-state index < -0.39 is 24.4 Å². The number of hydrogen-bond donors (Lipinski definition) is 2. The molecule has 0 spiro atoms. The van der Waals surface area contributed by atoms with E-state index in [1.54, 1.807) is 97.1 Å². The van der Waals surface area contributed by atoms with Crippen LogP contribution >= 0.6 is 0 Å². The molecule has 0 saturated carbocycles. The molecule has 5 rings (SSSR count). The zero-order chi connectivity index (χ0) is 33.5. The summed E-state index contributed by atoms with van der Waals surface area (Å²) in [6.07, 6.45) is -1.22. The third-order valence-electron chi connectivity index (χ3n) is 7.79. The lowest BCUT2D eigenvalue weighted by molar-refractivity contribution is 0.0466. The quantitative estimate of drug-likeness (QED) is 0.131. The Morgan fingerprint density at radius 1 is 0.553 bits per heavy atom. The number of rotatable bonds is 14. The van der Waals surface area contributed by atoms with Crippen molar-refractivity contribution in [2.24, 2.45) is 0 Å². The minimum Gasteiger partial charge on any atom is -0.493 e. The Kier molecular flexibility index (Phi) is 10.5. The van der Waals surface area contributed by atoms with Gasteiger partial charge in [0.1, 0.15) is 47.9 Å². The molecular weight excluding hydrogens is 602 g/mol. The average molecular weight is 642 g/mol. The third-order valence-corrected chi connectivity index (χ3v) is 7.79. The summed E-state index contributed by atoms with van der Waals surface area (Å²) in [7, 11) is 6.23. The van der Waals surface area contributed by atoms with E-state index in [0.29, 0.717) is 57.2 Å². The third kappa shape index (κ3) is 7.62. The van der Waals surface area contributed by atoms with Gasteiger partial charge in [-0.15, -0.1) is 0 Å². The highest BCUT2D eigenvalue weighted by Gasteiger charge is 2.22. The topological polar surface area (TPSA) is 122 Å². The average Bonchev–Trinajstić information content (AvgIpc) is 3.61. The molecule has 0 radical (unpaired) electrons. The molecule has 4 atom stereocenters. The van der Waals surface area contributed by atoms with E-state index in [1.165, 1.54) is 0 Å². The van der Waals surface area contributed by atoms with Crippen molar-refractivity contribution < 1.29 is 43.1 Å². The van der Waals surface area contributed by atoms with Crippen LogP contribution < -0.4 is 28.4 Å². The number of aliphatic hydroxyl groups excluding tert-OH is 2. The van der Waals surface area contributed by atoms with Crippen molar-refractivity contribution in [2.75, 3.05) is 28.4 Å². The SMILES string of the molecule is COc1ccc(C(O)C(C)Oc2ccc(-c3coc(-c4ccc(OC(C)C(O)c5ccc(OC)c(OC)c5)cc4)n3)cc2)cc1OC. The van der Waals surface area contributed by atoms with Gasteiger partial charge in [-0.25, -0.2) is 4.98 Å². The molecule has 10 nitrogen and oxygen atoms in total. The van der Waals surface area contributed by atoms with Crippen molar-refractivity contribution in [3.05, 3.63) is 102 Å². The predicted octanol–water partition coefficient (Wildman–Crippen LogP) is 7.04. The fourth-order valence-corrected chi connectivity index (χ4v) is 5.09. The summed E-state index contributed by atoms with van der Waals surface area (Å²) in [4.78, 5) is 4.66. The van der Waals surface area contributed by atoms with E-state index in [4.69, 9.17) is 32.8 Å². The van der Waals surface area contributed by atoms with Crippen LogP contribution in [0.1, 0.15) is 37.2 Å². The molecule has 0 aliphatic rings. The highest BCUT2D eigenvalue weighted by atomic mass is 16.5. The van der Waals surface area contributed by atoms with Crippen LogP contribution in [-0.4, -0.2) is 55.8 Å². The van der Waals surface area contributed by atoms with Crippen LogP contribution in [0.25, 0.3) is 22.7 Å². The summed E-state index contributed by atoms with van der Waals surface area (Å²) in [5, 5.41) is 21.7. The number of oxazole rings is 1. The van der Waals surface area contributed by atoms with Crippen molar-refractivity contribution in [2.45, 2.75) is 38.3 Å². The summed E-state index contributed by atoms with van der Waals surface area (Å²) in [5.41, 5.74) is 3.59. The van der Waals surface area contributed by atoms with Crippen molar-refractivity contribution in [3.63, 3.8) is 0 Å². The van der Waals surface area contributed by atoms with Crippen LogP contribution in [0.5, 0.6) is 34.5 Å². The Bertz CT molecular complexity index is 1620. The summed E-state index contributed by atoms with van der Waals surface area (Å²) in [6, 6.07) is 25.3. The number of aromatic nitrogens is 1. The lowest BCUT2D eigenvalue weighted by atomic mass is 10.0. The predicted molar refractivity (Wildman–Crippen MR) is 177 cm³/mol. The molecule has 10 heteroatoms. The highest BCUT2D eigenvalue weighted by Crippen LogP contribution is 2.34. The van der Waals surface area contributed by atoms with E-state index in [9.17, 15) is 10.2 Å². The first-order valence-corrected chi connectivity index (χ1v) is 15.0.